The summed E-state index contributed by atoms with van der Waals surface area (Å²) in [6.07, 6.45) is 3.11. The van der Waals surface area contributed by atoms with Crippen LogP contribution in [0.3, 0.4) is 0 Å². The lowest BCUT2D eigenvalue weighted by atomic mass is 9.88. The number of aryl methyl sites for hydroxylation is 1. The van der Waals surface area contributed by atoms with E-state index in [2.05, 4.69) is 29.6 Å². The minimum Gasteiger partial charge on any atom is -0.444 e. The van der Waals surface area contributed by atoms with Crippen LogP contribution in [0.1, 0.15) is 38.3 Å². The Morgan fingerprint density at radius 3 is 2.68 bits per heavy atom. The monoisotopic (exact) mass is 304 g/mol. The molecule has 1 N–H and O–H groups in total. The molecule has 2 rings (SSSR count). The van der Waals surface area contributed by atoms with E-state index in [9.17, 15) is 4.79 Å². The molecule has 1 aromatic carbocycles. The van der Waals surface area contributed by atoms with Gasteiger partial charge in [-0.2, -0.15) is 0 Å². The standard InChI is InChI=1S/C18H28N2O2/c1-18(2,3)22-17(21)20(4)12-11-19-16-10-9-14-7-5-6-8-15(14)13-16/h5-8,16,19H,9-13H2,1-4H3. The first-order chi connectivity index (χ1) is 10.3. The minimum absolute atomic E-state index is 0.261. The Labute approximate surface area is 133 Å². The summed E-state index contributed by atoms with van der Waals surface area (Å²) >= 11 is 0. The molecule has 0 aliphatic heterocycles. The number of rotatable bonds is 4. The van der Waals surface area contributed by atoms with Gasteiger partial charge in [-0.15, -0.1) is 0 Å². The average molecular weight is 304 g/mol. The molecule has 4 nitrogen and oxygen atoms in total. The van der Waals surface area contributed by atoms with E-state index in [1.54, 1.807) is 11.9 Å². The Morgan fingerprint density at radius 2 is 2.00 bits per heavy atom. The number of likely N-dealkylation sites (N-methyl/N-ethyl adjacent to an activating group) is 1. The number of hydrogen-bond acceptors (Lipinski definition) is 3. The molecule has 1 atom stereocenters. The molecule has 1 aliphatic rings. The Morgan fingerprint density at radius 1 is 1.32 bits per heavy atom. The first kappa shape index (κ1) is 16.8. The van der Waals surface area contributed by atoms with Crippen molar-refractivity contribution in [1.82, 2.24) is 10.2 Å². The quantitative estimate of drug-likeness (QED) is 0.930. The molecule has 1 amide bonds. The summed E-state index contributed by atoms with van der Waals surface area (Å²) in [6.45, 7) is 7.11. The third-order valence-electron chi connectivity index (χ3n) is 3.93. The maximum absolute atomic E-state index is 11.9. The maximum Gasteiger partial charge on any atom is 0.410 e. The summed E-state index contributed by atoms with van der Waals surface area (Å²) in [7, 11) is 1.78. The maximum atomic E-state index is 11.9. The van der Waals surface area contributed by atoms with Gasteiger partial charge in [-0.1, -0.05) is 24.3 Å². The summed E-state index contributed by atoms with van der Waals surface area (Å²) in [5, 5.41) is 3.56. The zero-order valence-electron chi connectivity index (χ0n) is 14.2. The summed E-state index contributed by atoms with van der Waals surface area (Å²) in [5.74, 6) is 0. The molecule has 0 spiro atoms. The fourth-order valence-corrected chi connectivity index (χ4v) is 2.74. The van der Waals surface area contributed by atoms with Gasteiger partial charge in [0.25, 0.3) is 0 Å². The lowest BCUT2D eigenvalue weighted by Gasteiger charge is -2.27. The van der Waals surface area contributed by atoms with Gasteiger partial charge in [0, 0.05) is 26.2 Å². The zero-order chi connectivity index (χ0) is 16.2. The van der Waals surface area contributed by atoms with Crippen LogP contribution in [-0.4, -0.2) is 42.8 Å². The Hall–Kier alpha value is -1.55. The predicted octanol–water partition coefficient (Wildman–Crippen LogP) is 3.00. The molecule has 0 saturated heterocycles. The third-order valence-corrected chi connectivity index (χ3v) is 3.93. The highest BCUT2D eigenvalue weighted by molar-refractivity contribution is 5.67. The fourth-order valence-electron chi connectivity index (χ4n) is 2.74. The van der Waals surface area contributed by atoms with E-state index in [0.717, 1.165) is 25.8 Å². The van der Waals surface area contributed by atoms with E-state index in [-0.39, 0.29) is 6.09 Å². The van der Waals surface area contributed by atoms with Gasteiger partial charge in [0.05, 0.1) is 0 Å². The second-order valence-corrected chi connectivity index (χ2v) is 7.06. The van der Waals surface area contributed by atoms with Gasteiger partial charge < -0.3 is 15.0 Å². The second-order valence-electron chi connectivity index (χ2n) is 7.06. The van der Waals surface area contributed by atoms with E-state index < -0.39 is 5.60 Å². The Bertz CT molecular complexity index is 508. The molecule has 0 bridgehead atoms. The predicted molar refractivity (Wildman–Crippen MR) is 89.1 cm³/mol. The largest absolute Gasteiger partial charge is 0.444 e. The summed E-state index contributed by atoms with van der Waals surface area (Å²) in [4.78, 5) is 13.5. The van der Waals surface area contributed by atoms with E-state index in [1.165, 1.54) is 11.1 Å². The van der Waals surface area contributed by atoms with Crippen LogP contribution in [-0.2, 0) is 17.6 Å². The van der Waals surface area contributed by atoms with Crippen LogP contribution in [0.15, 0.2) is 24.3 Å². The molecular formula is C18H28N2O2. The summed E-state index contributed by atoms with van der Waals surface area (Å²) < 4.78 is 5.35. The summed E-state index contributed by atoms with van der Waals surface area (Å²) in [6, 6.07) is 9.17. The van der Waals surface area contributed by atoms with Crippen molar-refractivity contribution in [2.75, 3.05) is 20.1 Å². The highest BCUT2D eigenvalue weighted by atomic mass is 16.6. The van der Waals surface area contributed by atoms with E-state index in [4.69, 9.17) is 4.74 Å². The van der Waals surface area contributed by atoms with Crippen molar-refractivity contribution in [2.45, 2.75) is 51.7 Å². The van der Waals surface area contributed by atoms with E-state index in [1.807, 2.05) is 20.8 Å². The van der Waals surface area contributed by atoms with Gasteiger partial charge in [-0.3, -0.25) is 0 Å². The molecule has 1 aromatic rings. The number of benzene rings is 1. The summed E-state index contributed by atoms with van der Waals surface area (Å²) in [5.41, 5.74) is 2.49. The van der Waals surface area contributed by atoms with Crippen LogP contribution in [0, 0.1) is 0 Å². The number of carbonyl (C=O) groups excluding carboxylic acids is 1. The van der Waals surface area contributed by atoms with Gasteiger partial charge in [0.15, 0.2) is 0 Å². The van der Waals surface area contributed by atoms with E-state index in [0.29, 0.717) is 12.6 Å². The lowest BCUT2D eigenvalue weighted by molar-refractivity contribution is 0.0299. The number of fused-ring (bicyclic) bond motifs is 1. The van der Waals surface area contributed by atoms with Gasteiger partial charge >= 0.3 is 6.09 Å². The number of amides is 1. The normalized spacial score (nSPS) is 17.7. The molecule has 0 radical (unpaired) electrons. The number of nitrogens with zero attached hydrogens (tertiary/aromatic N) is 1. The van der Waals surface area contributed by atoms with Crippen LogP contribution in [0.2, 0.25) is 0 Å². The van der Waals surface area contributed by atoms with Gasteiger partial charge in [0.1, 0.15) is 5.60 Å². The molecule has 4 heteroatoms. The molecule has 0 aromatic heterocycles. The Kier molecular flexibility index (Phi) is 5.46. The third kappa shape index (κ3) is 5.02. The fraction of sp³-hybridized carbons (Fsp3) is 0.611. The van der Waals surface area contributed by atoms with Crippen molar-refractivity contribution in [2.24, 2.45) is 0 Å². The van der Waals surface area contributed by atoms with Gasteiger partial charge in [0.2, 0.25) is 0 Å². The van der Waals surface area contributed by atoms with Crippen LogP contribution >= 0.6 is 0 Å². The number of nitrogens with one attached hydrogen (secondary N) is 1. The van der Waals surface area contributed by atoms with Crippen molar-refractivity contribution in [3.63, 3.8) is 0 Å². The number of hydrogen-bond donors (Lipinski definition) is 1. The molecule has 22 heavy (non-hydrogen) atoms. The lowest BCUT2D eigenvalue weighted by Crippen LogP contribution is -2.42. The SMILES string of the molecule is CN(CCNC1CCc2ccccc2C1)C(=O)OC(C)(C)C. The second kappa shape index (κ2) is 7.14. The molecule has 122 valence electrons. The molecule has 1 unspecified atom stereocenters. The first-order valence-corrected chi connectivity index (χ1v) is 8.09. The van der Waals surface area contributed by atoms with Crippen LogP contribution in [0.5, 0.6) is 0 Å². The van der Waals surface area contributed by atoms with E-state index >= 15 is 0 Å². The molecule has 1 aliphatic carbocycles. The zero-order valence-corrected chi connectivity index (χ0v) is 14.2. The Balaban J connectivity index is 1.72. The molecule has 0 fully saturated rings. The van der Waals surface area contributed by atoms with Gasteiger partial charge in [-0.05, 0) is 51.2 Å². The molecular weight excluding hydrogens is 276 g/mol. The van der Waals surface area contributed by atoms with Crippen molar-refractivity contribution >= 4 is 6.09 Å². The average Bonchev–Trinajstić information content (AvgIpc) is 2.45. The van der Waals surface area contributed by atoms with Crippen molar-refractivity contribution in [1.29, 1.82) is 0 Å². The number of carbonyl (C=O) groups is 1. The number of ether oxygens (including phenoxy) is 1. The highest BCUT2D eigenvalue weighted by Gasteiger charge is 2.20. The topological polar surface area (TPSA) is 41.6 Å². The van der Waals surface area contributed by atoms with Crippen LogP contribution in [0.25, 0.3) is 0 Å². The van der Waals surface area contributed by atoms with Gasteiger partial charge in [-0.25, -0.2) is 4.79 Å². The minimum atomic E-state index is -0.439. The van der Waals surface area contributed by atoms with Crippen LogP contribution < -0.4 is 5.32 Å². The first-order valence-electron chi connectivity index (χ1n) is 8.09. The van der Waals surface area contributed by atoms with Crippen molar-refractivity contribution in [3.8, 4) is 0 Å². The highest BCUT2D eigenvalue weighted by Crippen LogP contribution is 2.20. The molecule has 0 heterocycles. The van der Waals surface area contributed by atoms with Crippen molar-refractivity contribution in [3.05, 3.63) is 35.4 Å². The van der Waals surface area contributed by atoms with Crippen LogP contribution in [0.4, 0.5) is 4.79 Å². The molecule has 0 saturated carbocycles. The smallest absolute Gasteiger partial charge is 0.410 e. The van der Waals surface area contributed by atoms with Crippen molar-refractivity contribution < 1.29 is 9.53 Å².